The van der Waals surface area contributed by atoms with Gasteiger partial charge >= 0.3 is 6.03 Å². The van der Waals surface area contributed by atoms with Gasteiger partial charge in [0, 0.05) is 29.8 Å². The predicted molar refractivity (Wildman–Crippen MR) is 149 cm³/mol. The molecule has 2 fully saturated rings. The standard InChI is InChI=1S/C31H29N3O3S/c1-30(2)20-10-5-6-13-24(20)34-25-21(30)11-9-12-22(25)31(14-7-8-15-31)23-17-18(38-28(23)34)16-19-26(35)32(3)29(37)33(4)27(19)36/h5-6,9-13,16-17H,7-8,14-15H2,1-4H3. The van der Waals surface area contributed by atoms with Crippen molar-refractivity contribution in [1.82, 2.24) is 9.80 Å². The topological polar surface area (TPSA) is 60.9 Å². The Bertz CT molecular complexity index is 1580. The van der Waals surface area contributed by atoms with Gasteiger partial charge in [0.05, 0.1) is 11.4 Å². The van der Waals surface area contributed by atoms with Crippen molar-refractivity contribution < 1.29 is 14.4 Å². The lowest BCUT2D eigenvalue weighted by molar-refractivity contribution is -0.134. The molecule has 0 bridgehead atoms. The largest absolute Gasteiger partial charge is 0.333 e. The Balaban J connectivity index is 1.49. The lowest BCUT2D eigenvalue weighted by Gasteiger charge is -2.49. The number of imide groups is 2. The Morgan fingerprint density at radius 2 is 1.45 bits per heavy atom. The number of thiophene rings is 1. The van der Waals surface area contributed by atoms with E-state index >= 15 is 0 Å². The first-order valence-corrected chi connectivity index (χ1v) is 14.0. The maximum absolute atomic E-state index is 13.0. The molecule has 7 rings (SSSR count). The number of likely N-dealkylation sites (N-methyl/N-ethyl adjacent to an activating group) is 2. The second-order valence-corrected chi connectivity index (χ2v) is 12.5. The van der Waals surface area contributed by atoms with Crippen LogP contribution in [0.5, 0.6) is 0 Å². The maximum atomic E-state index is 13.0. The molecule has 7 heteroatoms. The second-order valence-electron chi connectivity index (χ2n) is 11.4. The molecule has 1 saturated carbocycles. The molecule has 4 amide bonds. The van der Waals surface area contributed by atoms with Crippen LogP contribution >= 0.6 is 11.3 Å². The van der Waals surface area contributed by atoms with Gasteiger partial charge in [-0.25, -0.2) is 4.79 Å². The fraction of sp³-hybridized carbons (Fsp3) is 0.323. The first-order valence-electron chi connectivity index (χ1n) is 13.2. The lowest BCUT2D eigenvalue weighted by atomic mass is 9.65. The minimum absolute atomic E-state index is 0.0204. The SMILES string of the molecule is CN1C(=O)C(=Cc2cc3c(s2)N2c4ccccc4C(C)(C)c4cccc(c42)C32CCCC2)C(=O)N(C)C1=O. The van der Waals surface area contributed by atoms with E-state index in [-0.39, 0.29) is 16.4 Å². The summed E-state index contributed by atoms with van der Waals surface area (Å²) in [6.45, 7) is 4.63. The van der Waals surface area contributed by atoms with Crippen molar-refractivity contribution in [2.75, 3.05) is 19.0 Å². The second kappa shape index (κ2) is 7.67. The normalized spacial score (nSPS) is 20.6. The van der Waals surface area contributed by atoms with Gasteiger partial charge in [-0.15, -0.1) is 11.3 Å². The summed E-state index contributed by atoms with van der Waals surface area (Å²) in [6, 6.07) is 17.0. The Labute approximate surface area is 226 Å². The van der Waals surface area contributed by atoms with Crippen molar-refractivity contribution in [1.29, 1.82) is 0 Å². The summed E-state index contributed by atoms with van der Waals surface area (Å²) in [6.07, 6.45) is 6.18. The van der Waals surface area contributed by atoms with Gasteiger partial charge in [-0.1, -0.05) is 63.1 Å². The van der Waals surface area contributed by atoms with Gasteiger partial charge in [0.1, 0.15) is 10.6 Å². The van der Waals surface area contributed by atoms with Crippen molar-refractivity contribution in [3.8, 4) is 0 Å². The van der Waals surface area contributed by atoms with Crippen LogP contribution in [0.1, 0.15) is 66.7 Å². The summed E-state index contributed by atoms with van der Waals surface area (Å²) in [5.74, 6) is -1.12. The van der Waals surface area contributed by atoms with Crippen LogP contribution in [-0.4, -0.2) is 41.7 Å². The maximum Gasteiger partial charge on any atom is 0.333 e. The quantitative estimate of drug-likeness (QED) is 0.271. The van der Waals surface area contributed by atoms with Crippen LogP contribution < -0.4 is 4.90 Å². The number of nitrogens with zero attached hydrogens (tertiary/aromatic N) is 3. The molecule has 2 aromatic carbocycles. The fourth-order valence-corrected chi connectivity index (χ4v) is 8.33. The van der Waals surface area contributed by atoms with Gasteiger partial charge < -0.3 is 4.90 Å². The fourth-order valence-electron chi connectivity index (χ4n) is 7.11. The van der Waals surface area contributed by atoms with Crippen molar-refractivity contribution in [3.05, 3.63) is 81.2 Å². The summed E-state index contributed by atoms with van der Waals surface area (Å²) in [5.41, 5.74) is 7.55. The van der Waals surface area contributed by atoms with Gasteiger partial charge in [0.2, 0.25) is 0 Å². The number of anilines is 3. The Hall–Kier alpha value is -3.71. The smallest absolute Gasteiger partial charge is 0.301 e. The van der Waals surface area contributed by atoms with E-state index in [1.54, 1.807) is 17.4 Å². The molecule has 1 aromatic heterocycles. The molecule has 4 aliphatic rings. The number of hydrogen-bond donors (Lipinski definition) is 0. The molecule has 192 valence electrons. The molecule has 3 aliphatic heterocycles. The summed E-state index contributed by atoms with van der Waals surface area (Å²) < 4.78 is 0. The number of fused-ring (bicyclic) bond motifs is 6. The third kappa shape index (κ3) is 2.80. The average Bonchev–Trinajstić information content (AvgIpc) is 3.57. The van der Waals surface area contributed by atoms with Gasteiger partial charge in [-0.05, 0) is 53.3 Å². The predicted octanol–water partition coefficient (Wildman–Crippen LogP) is 6.46. The van der Waals surface area contributed by atoms with E-state index in [2.05, 4.69) is 67.3 Å². The van der Waals surface area contributed by atoms with E-state index in [1.807, 2.05) is 0 Å². The number of benzene rings is 2. The molecule has 0 unspecified atom stereocenters. The summed E-state index contributed by atoms with van der Waals surface area (Å²) in [4.78, 5) is 43.5. The number of hydrogen-bond acceptors (Lipinski definition) is 5. The van der Waals surface area contributed by atoms with E-state index in [4.69, 9.17) is 0 Å². The van der Waals surface area contributed by atoms with Gasteiger partial charge in [0.15, 0.2) is 0 Å². The minimum atomic E-state index is -0.608. The Morgan fingerprint density at radius 3 is 2.16 bits per heavy atom. The molecule has 1 spiro atoms. The third-order valence-electron chi connectivity index (χ3n) is 9.10. The molecule has 38 heavy (non-hydrogen) atoms. The number of rotatable bonds is 1. The van der Waals surface area contributed by atoms with Crippen molar-refractivity contribution in [2.24, 2.45) is 0 Å². The Morgan fingerprint density at radius 1 is 0.816 bits per heavy atom. The summed E-state index contributed by atoms with van der Waals surface area (Å²) in [7, 11) is 2.83. The number of para-hydroxylation sites is 2. The van der Waals surface area contributed by atoms with Crippen molar-refractivity contribution in [2.45, 2.75) is 50.4 Å². The average molecular weight is 524 g/mol. The summed E-state index contributed by atoms with van der Waals surface area (Å²) in [5, 5.41) is 1.16. The van der Waals surface area contributed by atoms with E-state index in [9.17, 15) is 14.4 Å². The first-order chi connectivity index (χ1) is 18.2. The highest BCUT2D eigenvalue weighted by Gasteiger charge is 2.50. The number of carbonyl (C=O) groups excluding carboxylic acids is 3. The molecule has 0 N–H and O–H groups in total. The number of carbonyl (C=O) groups is 3. The molecular formula is C31H29N3O3S. The molecule has 1 aliphatic carbocycles. The van der Waals surface area contributed by atoms with E-state index in [0.717, 1.165) is 32.5 Å². The van der Waals surface area contributed by atoms with Gasteiger partial charge in [0.25, 0.3) is 11.8 Å². The number of urea groups is 1. The van der Waals surface area contributed by atoms with Crippen LogP contribution in [0.3, 0.4) is 0 Å². The monoisotopic (exact) mass is 523 g/mol. The number of amides is 4. The Kier molecular flexibility index (Phi) is 4.72. The van der Waals surface area contributed by atoms with Crippen molar-refractivity contribution in [3.63, 3.8) is 0 Å². The molecule has 3 aromatic rings. The highest BCUT2D eigenvalue weighted by Crippen LogP contribution is 2.65. The summed E-state index contributed by atoms with van der Waals surface area (Å²) >= 11 is 1.62. The molecule has 6 nitrogen and oxygen atoms in total. The first kappa shape index (κ1) is 23.4. The number of barbiturate groups is 1. The zero-order chi connectivity index (χ0) is 26.6. The van der Waals surface area contributed by atoms with Crippen LogP contribution in [0, 0.1) is 0 Å². The van der Waals surface area contributed by atoms with E-state index in [0.29, 0.717) is 0 Å². The molecule has 0 atom stereocenters. The van der Waals surface area contributed by atoms with Gasteiger partial charge in [-0.2, -0.15) is 0 Å². The zero-order valence-electron chi connectivity index (χ0n) is 22.0. The van der Waals surface area contributed by atoms with Crippen LogP contribution in [0.4, 0.5) is 21.2 Å². The zero-order valence-corrected chi connectivity index (χ0v) is 22.8. The van der Waals surface area contributed by atoms with Crippen LogP contribution in [0.2, 0.25) is 0 Å². The highest BCUT2D eigenvalue weighted by atomic mass is 32.1. The van der Waals surface area contributed by atoms with Gasteiger partial charge in [-0.3, -0.25) is 19.4 Å². The molecule has 1 saturated heterocycles. The van der Waals surface area contributed by atoms with Crippen LogP contribution in [0.15, 0.2) is 54.1 Å². The van der Waals surface area contributed by atoms with Crippen LogP contribution in [0.25, 0.3) is 6.08 Å². The van der Waals surface area contributed by atoms with E-state index < -0.39 is 17.8 Å². The minimum Gasteiger partial charge on any atom is -0.301 e. The molecular weight excluding hydrogens is 494 g/mol. The third-order valence-corrected chi connectivity index (χ3v) is 10.2. The molecule has 4 heterocycles. The highest BCUT2D eigenvalue weighted by molar-refractivity contribution is 7.17. The van der Waals surface area contributed by atoms with E-state index in [1.165, 1.54) is 60.6 Å². The lowest BCUT2D eigenvalue weighted by Crippen LogP contribution is -2.52. The molecule has 0 radical (unpaired) electrons. The van der Waals surface area contributed by atoms with Crippen molar-refractivity contribution >= 4 is 51.6 Å². The van der Waals surface area contributed by atoms with Crippen LogP contribution in [-0.2, 0) is 20.4 Å².